The first kappa shape index (κ1) is 12.9. The summed E-state index contributed by atoms with van der Waals surface area (Å²) in [6.07, 6.45) is 7.88. The lowest BCUT2D eigenvalue weighted by Gasteiger charge is -2.44. The number of rotatable bonds is 5. The normalized spacial score (nSPS) is 43.3. The Morgan fingerprint density at radius 3 is 2.39 bits per heavy atom. The van der Waals surface area contributed by atoms with Crippen LogP contribution in [0.25, 0.3) is 0 Å². The molecule has 3 atom stereocenters. The van der Waals surface area contributed by atoms with Crippen molar-refractivity contribution in [1.82, 2.24) is 5.32 Å². The molecule has 2 nitrogen and oxygen atoms in total. The largest absolute Gasteiger partial charge is 0.396 e. The van der Waals surface area contributed by atoms with Gasteiger partial charge in [-0.15, -0.1) is 0 Å². The molecule has 2 heteroatoms. The molecule has 104 valence electrons. The average molecular weight is 251 g/mol. The van der Waals surface area contributed by atoms with E-state index in [0.717, 1.165) is 18.9 Å². The summed E-state index contributed by atoms with van der Waals surface area (Å²) in [6.45, 7) is 8.90. The number of nitrogens with one attached hydrogen (secondary N) is 1. The van der Waals surface area contributed by atoms with Gasteiger partial charge in [0.05, 0.1) is 0 Å². The van der Waals surface area contributed by atoms with E-state index in [1.165, 1.54) is 32.1 Å². The molecule has 0 aromatic rings. The van der Waals surface area contributed by atoms with Crippen molar-refractivity contribution in [2.75, 3.05) is 13.2 Å². The van der Waals surface area contributed by atoms with Gasteiger partial charge in [-0.05, 0) is 60.7 Å². The van der Waals surface area contributed by atoms with Crippen LogP contribution in [0.15, 0.2) is 0 Å². The van der Waals surface area contributed by atoms with Crippen LogP contribution in [0, 0.1) is 22.2 Å². The van der Waals surface area contributed by atoms with E-state index in [-0.39, 0.29) is 0 Å². The fraction of sp³-hybridized carbons (Fsp3) is 1.00. The van der Waals surface area contributed by atoms with Crippen molar-refractivity contribution in [3.05, 3.63) is 0 Å². The molecule has 3 aliphatic rings. The molecule has 18 heavy (non-hydrogen) atoms. The minimum absolute atomic E-state index is 0.357. The van der Waals surface area contributed by atoms with Crippen molar-refractivity contribution in [2.45, 2.75) is 65.3 Å². The number of hydrogen-bond acceptors (Lipinski definition) is 2. The van der Waals surface area contributed by atoms with E-state index in [1.807, 2.05) is 0 Å². The highest BCUT2D eigenvalue weighted by atomic mass is 16.3. The average Bonchev–Trinajstić information content (AvgIpc) is 2.87. The van der Waals surface area contributed by atoms with E-state index in [4.69, 9.17) is 5.11 Å². The van der Waals surface area contributed by atoms with Gasteiger partial charge in [0.25, 0.3) is 0 Å². The smallest absolute Gasteiger partial charge is 0.0436 e. The fourth-order valence-corrected chi connectivity index (χ4v) is 5.06. The summed E-state index contributed by atoms with van der Waals surface area (Å²) in [5, 5.41) is 13.1. The van der Waals surface area contributed by atoms with Crippen LogP contribution in [-0.4, -0.2) is 24.3 Å². The standard InChI is InChI=1S/C16H29NO/c1-14(2)12-4-5-15(3,10-12)13(14)17-11-16(6-7-16)8-9-18/h12-13,17-18H,4-11H2,1-3H3. The van der Waals surface area contributed by atoms with Gasteiger partial charge >= 0.3 is 0 Å². The minimum atomic E-state index is 0.357. The zero-order chi connectivity index (χ0) is 13.0. The molecule has 3 saturated carbocycles. The highest BCUT2D eigenvalue weighted by molar-refractivity contribution is 5.12. The van der Waals surface area contributed by atoms with Gasteiger partial charge in [0, 0.05) is 19.2 Å². The molecule has 3 rings (SSSR count). The Kier molecular flexibility index (Phi) is 2.84. The Morgan fingerprint density at radius 2 is 1.89 bits per heavy atom. The van der Waals surface area contributed by atoms with E-state index in [2.05, 4.69) is 26.1 Å². The first-order valence-corrected chi connectivity index (χ1v) is 7.76. The first-order valence-electron chi connectivity index (χ1n) is 7.76. The lowest BCUT2D eigenvalue weighted by molar-refractivity contribution is 0.101. The van der Waals surface area contributed by atoms with E-state index >= 15 is 0 Å². The Morgan fingerprint density at radius 1 is 1.17 bits per heavy atom. The third-order valence-corrected chi connectivity index (χ3v) is 6.55. The molecule has 3 aliphatic carbocycles. The van der Waals surface area contributed by atoms with Crippen LogP contribution in [0.4, 0.5) is 0 Å². The molecule has 2 bridgehead atoms. The first-order chi connectivity index (χ1) is 8.42. The van der Waals surface area contributed by atoms with Crippen LogP contribution in [0.3, 0.4) is 0 Å². The second kappa shape index (κ2) is 3.96. The fourth-order valence-electron chi connectivity index (χ4n) is 5.06. The topological polar surface area (TPSA) is 32.3 Å². The molecule has 3 unspecified atom stereocenters. The zero-order valence-corrected chi connectivity index (χ0v) is 12.3. The Labute approximate surface area is 112 Å². The molecule has 0 heterocycles. The van der Waals surface area contributed by atoms with Gasteiger partial charge in [-0.3, -0.25) is 0 Å². The van der Waals surface area contributed by atoms with E-state index in [0.29, 0.717) is 28.9 Å². The van der Waals surface area contributed by atoms with Crippen LogP contribution in [0.1, 0.15) is 59.3 Å². The number of hydrogen-bond donors (Lipinski definition) is 2. The van der Waals surface area contributed by atoms with Crippen LogP contribution < -0.4 is 5.32 Å². The second-order valence-corrected chi connectivity index (χ2v) is 8.20. The lowest BCUT2D eigenvalue weighted by atomic mass is 9.68. The lowest BCUT2D eigenvalue weighted by Crippen LogP contribution is -2.51. The Hall–Kier alpha value is -0.0800. The molecular formula is C16H29NO. The van der Waals surface area contributed by atoms with Crippen LogP contribution in [0.5, 0.6) is 0 Å². The number of fused-ring (bicyclic) bond motifs is 2. The Bertz CT molecular complexity index is 329. The SMILES string of the molecule is CC12CCC(C1)C(C)(C)C2NCC1(CCO)CC1. The van der Waals surface area contributed by atoms with Crippen LogP contribution in [0.2, 0.25) is 0 Å². The highest BCUT2D eigenvalue weighted by Gasteiger charge is 2.59. The zero-order valence-electron chi connectivity index (χ0n) is 12.3. The maximum absolute atomic E-state index is 9.16. The predicted molar refractivity (Wildman–Crippen MR) is 74.4 cm³/mol. The molecule has 0 spiro atoms. The second-order valence-electron chi connectivity index (χ2n) is 8.20. The van der Waals surface area contributed by atoms with Crippen molar-refractivity contribution >= 4 is 0 Å². The van der Waals surface area contributed by atoms with Gasteiger partial charge in [0.2, 0.25) is 0 Å². The van der Waals surface area contributed by atoms with Crippen molar-refractivity contribution in [1.29, 1.82) is 0 Å². The van der Waals surface area contributed by atoms with Gasteiger partial charge in [0.1, 0.15) is 0 Å². The van der Waals surface area contributed by atoms with Crippen molar-refractivity contribution < 1.29 is 5.11 Å². The quantitative estimate of drug-likeness (QED) is 0.787. The minimum Gasteiger partial charge on any atom is -0.396 e. The number of aliphatic hydroxyl groups excluding tert-OH is 1. The summed E-state index contributed by atoms with van der Waals surface area (Å²) in [5.74, 6) is 0.924. The van der Waals surface area contributed by atoms with Gasteiger partial charge < -0.3 is 10.4 Å². The molecule has 0 radical (unpaired) electrons. The summed E-state index contributed by atoms with van der Waals surface area (Å²) in [6, 6.07) is 0.680. The molecule has 0 aromatic carbocycles. The van der Waals surface area contributed by atoms with Crippen LogP contribution >= 0.6 is 0 Å². The summed E-state index contributed by atoms with van der Waals surface area (Å²) in [5.41, 5.74) is 1.44. The third kappa shape index (κ3) is 1.84. The van der Waals surface area contributed by atoms with Gasteiger partial charge in [-0.2, -0.15) is 0 Å². The maximum Gasteiger partial charge on any atom is 0.0436 e. The van der Waals surface area contributed by atoms with Gasteiger partial charge in [-0.25, -0.2) is 0 Å². The molecular weight excluding hydrogens is 222 g/mol. The van der Waals surface area contributed by atoms with Crippen molar-refractivity contribution in [2.24, 2.45) is 22.2 Å². The van der Waals surface area contributed by atoms with Gasteiger partial charge in [-0.1, -0.05) is 20.8 Å². The highest BCUT2D eigenvalue weighted by Crippen LogP contribution is 2.62. The van der Waals surface area contributed by atoms with Crippen molar-refractivity contribution in [3.8, 4) is 0 Å². The van der Waals surface area contributed by atoms with E-state index < -0.39 is 0 Å². The predicted octanol–water partition coefficient (Wildman–Crippen LogP) is 2.95. The molecule has 2 N–H and O–H groups in total. The summed E-state index contributed by atoms with van der Waals surface area (Å²) >= 11 is 0. The summed E-state index contributed by atoms with van der Waals surface area (Å²) in [4.78, 5) is 0. The molecule has 0 saturated heterocycles. The maximum atomic E-state index is 9.16. The Balaban J connectivity index is 1.66. The van der Waals surface area contributed by atoms with Crippen LogP contribution in [-0.2, 0) is 0 Å². The summed E-state index contributed by atoms with van der Waals surface area (Å²) in [7, 11) is 0. The monoisotopic (exact) mass is 251 g/mol. The molecule has 0 aliphatic heterocycles. The number of aliphatic hydroxyl groups is 1. The van der Waals surface area contributed by atoms with E-state index in [9.17, 15) is 0 Å². The van der Waals surface area contributed by atoms with Gasteiger partial charge in [0.15, 0.2) is 0 Å². The third-order valence-electron chi connectivity index (χ3n) is 6.55. The molecule has 3 fully saturated rings. The molecule has 0 aromatic heterocycles. The van der Waals surface area contributed by atoms with E-state index in [1.54, 1.807) is 0 Å². The summed E-state index contributed by atoms with van der Waals surface area (Å²) < 4.78 is 0. The molecule has 0 amide bonds. The van der Waals surface area contributed by atoms with Crippen molar-refractivity contribution in [3.63, 3.8) is 0 Å².